The van der Waals surface area contributed by atoms with Crippen LogP contribution in [0, 0.1) is 5.82 Å². The van der Waals surface area contributed by atoms with E-state index in [0.717, 1.165) is 0 Å². The van der Waals surface area contributed by atoms with Crippen molar-refractivity contribution in [1.82, 2.24) is 4.72 Å². The van der Waals surface area contributed by atoms with Crippen molar-refractivity contribution in [3.63, 3.8) is 0 Å². The summed E-state index contributed by atoms with van der Waals surface area (Å²) in [5.41, 5.74) is 0.286. The molecule has 0 saturated carbocycles. The Morgan fingerprint density at radius 3 is 2.68 bits per heavy atom. The molecule has 0 aliphatic carbocycles. The third-order valence-electron chi connectivity index (χ3n) is 2.72. The van der Waals surface area contributed by atoms with Crippen LogP contribution in [0.4, 0.5) is 4.39 Å². The largest absolute Gasteiger partial charge is 0.345 e. The van der Waals surface area contributed by atoms with Gasteiger partial charge in [0, 0.05) is 12.1 Å². The van der Waals surface area contributed by atoms with Gasteiger partial charge in [0.25, 0.3) is 0 Å². The molecule has 3 atom stereocenters. The van der Waals surface area contributed by atoms with E-state index in [4.69, 9.17) is 14.0 Å². The minimum Gasteiger partial charge on any atom is -0.345 e. The first kappa shape index (κ1) is 14.4. The molecule has 1 aromatic rings. The van der Waals surface area contributed by atoms with Crippen LogP contribution in [-0.2, 0) is 19.8 Å². The molecule has 0 radical (unpaired) electrons. The molecule has 0 bridgehead atoms. The summed E-state index contributed by atoms with van der Waals surface area (Å²) in [6.45, 7) is 1.42. The summed E-state index contributed by atoms with van der Waals surface area (Å²) in [5, 5.41) is 0. The van der Waals surface area contributed by atoms with E-state index < -0.39 is 34.6 Å². The topological polar surface area (TPSA) is 84.9 Å². The fourth-order valence-electron chi connectivity index (χ4n) is 1.97. The Bertz CT molecular complexity index is 550. The molecular weight excluding hydrogens is 277 g/mol. The van der Waals surface area contributed by atoms with Crippen LogP contribution in [0.2, 0.25) is 0 Å². The van der Waals surface area contributed by atoms with Gasteiger partial charge < -0.3 is 9.47 Å². The van der Waals surface area contributed by atoms with E-state index in [1.54, 1.807) is 25.1 Å². The number of nitrogens with one attached hydrogen (secondary N) is 1. The smallest absolute Gasteiger partial charge is 0.333 e. The molecule has 1 aromatic carbocycles. The molecule has 0 aromatic heterocycles. The van der Waals surface area contributed by atoms with Crippen LogP contribution in [0.25, 0.3) is 0 Å². The summed E-state index contributed by atoms with van der Waals surface area (Å²) < 4.78 is 56.3. The van der Waals surface area contributed by atoms with Crippen molar-refractivity contribution in [2.45, 2.75) is 25.4 Å². The van der Waals surface area contributed by atoms with Crippen LogP contribution in [-0.4, -0.2) is 31.9 Å². The summed E-state index contributed by atoms with van der Waals surface area (Å²) in [5.74, 6) is -0.456. The molecule has 1 saturated heterocycles. The second-order valence-electron chi connectivity index (χ2n) is 4.14. The van der Waals surface area contributed by atoms with Crippen LogP contribution in [0.15, 0.2) is 24.3 Å². The summed E-state index contributed by atoms with van der Waals surface area (Å²) in [7, 11) is -4.32. The molecule has 19 heavy (non-hydrogen) atoms. The molecule has 1 fully saturated rings. The Hall–Kier alpha value is -1.06. The first-order chi connectivity index (χ1) is 8.87. The van der Waals surface area contributed by atoms with Gasteiger partial charge in [0.05, 0.1) is 0 Å². The van der Waals surface area contributed by atoms with Gasteiger partial charge in [-0.05, 0) is 13.0 Å². The van der Waals surface area contributed by atoms with Crippen LogP contribution in [0.5, 0.6) is 0 Å². The molecule has 0 spiro atoms. The maximum Gasteiger partial charge on any atom is 0.333 e. The second-order valence-corrected chi connectivity index (χ2v) is 5.38. The molecular formula is C11H14FNO5S. The van der Waals surface area contributed by atoms with Gasteiger partial charge in [0.15, 0.2) is 6.29 Å². The maximum absolute atomic E-state index is 13.7. The lowest BCUT2D eigenvalue weighted by atomic mass is 10.0. The van der Waals surface area contributed by atoms with E-state index in [9.17, 15) is 12.8 Å². The minimum atomic E-state index is -4.32. The van der Waals surface area contributed by atoms with Gasteiger partial charge in [0.1, 0.15) is 18.0 Å². The fraction of sp³-hybridized carbons (Fsp3) is 0.455. The lowest BCUT2D eigenvalue weighted by molar-refractivity contribution is -0.0508. The normalized spacial score (nSPS) is 27.6. The summed E-state index contributed by atoms with van der Waals surface area (Å²) in [4.78, 5) is 0. The first-order valence-electron chi connectivity index (χ1n) is 5.64. The number of hydrogen-bond acceptors (Lipinski definition) is 4. The van der Waals surface area contributed by atoms with Crippen molar-refractivity contribution < 1.29 is 26.8 Å². The van der Waals surface area contributed by atoms with Crippen LogP contribution >= 0.6 is 0 Å². The Balaban J connectivity index is 2.16. The Morgan fingerprint density at radius 1 is 1.37 bits per heavy atom. The van der Waals surface area contributed by atoms with Gasteiger partial charge in [0.2, 0.25) is 0 Å². The first-order valence-corrected chi connectivity index (χ1v) is 7.08. The summed E-state index contributed by atoms with van der Waals surface area (Å²) in [6, 6.07) is 6.03. The SMILES string of the molecule is CC1OC(CNS(=O)(=O)O)C(c2ccccc2F)O1. The highest BCUT2D eigenvalue weighted by molar-refractivity contribution is 7.83. The van der Waals surface area contributed by atoms with E-state index >= 15 is 0 Å². The predicted octanol–water partition coefficient (Wildman–Crippen LogP) is 1.02. The Kier molecular flexibility index (Phi) is 4.16. The van der Waals surface area contributed by atoms with Gasteiger partial charge in [-0.25, -0.2) is 4.39 Å². The summed E-state index contributed by atoms with van der Waals surface area (Å²) >= 11 is 0. The van der Waals surface area contributed by atoms with Crippen molar-refractivity contribution in [3.8, 4) is 0 Å². The van der Waals surface area contributed by atoms with Gasteiger partial charge in [-0.15, -0.1) is 0 Å². The molecule has 6 nitrogen and oxygen atoms in total. The zero-order valence-electron chi connectivity index (χ0n) is 10.1. The molecule has 2 N–H and O–H groups in total. The van der Waals surface area contributed by atoms with Crippen molar-refractivity contribution in [1.29, 1.82) is 0 Å². The van der Waals surface area contributed by atoms with E-state index in [-0.39, 0.29) is 12.1 Å². The zero-order valence-corrected chi connectivity index (χ0v) is 10.9. The average Bonchev–Trinajstić information content (AvgIpc) is 2.67. The minimum absolute atomic E-state index is 0.206. The monoisotopic (exact) mass is 291 g/mol. The number of ether oxygens (including phenoxy) is 2. The van der Waals surface area contributed by atoms with Crippen LogP contribution in [0.3, 0.4) is 0 Å². The molecule has 1 aliphatic rings. The lowest BCUT2D eigenvalue weighted by Crippen LogP contribution is -2.34. The predicted molar refractivity (Wildman–Crippen MR) is 64.1 cm³/mol. The standard InChI is InChI=1S/C11H14FNO5S/c1-7-17-10(6-13-19(14,15)16)11(18-7)8-4-2-3-5-9(8)12/h2-5,7,10-11,13H,6H2,1H3,(H,14,15,16). The number of benzene rings is 1. The molecule has 1 heterocycles. The van der Waals surface area contributed by atoms with Crippen LogP contribution in [0.1, 0.15) is 18.6 Å². The van der Waals surface area contributed by atoms with Crippen molar-refractivity contribution >= 4 is 10.3 Å². The number of rotatable bonds is 4. The maximum atomic E-state index is 13.7. The van der Waals surface area contributed by atoms with Gasteiger partial charge >= 0.3 is 10.3 Å². The fourth-order valence-corrected chi connectivity index (χ4v) is 2.34. The summed E-state index contributed by atoms with van der Waals surface area (Å²) in [6.07, 6.45) is -2.03. The van der Waals surface area contributed by atoms with E-state index in [1.807, 2.05) is 4.72 Å². The lowest BCUT2D eigenvalue weighted by Gasteiger charge is -2.17. The van der Waals surface area contributed by atoms with Gasteiger partial charge in [-0.2, -0.15) is 13.1 Å². The average molecular weight is 291 g/mol. The number of hydrogen-bond donors (Lipinski definition) is 2. The Morgan fingerprint density at radius 2 is 2.05 bits per heavy atom. The number of halogens is 1. The van der Waals surface area contributed by atoms with Crippen molar-refractivity contribution in [2.24, 2.45) is 0 Å². The van der Waals surface area contributed by atoms with Crippen molar-refractivity contribution in [3.05, 3.63) is 35.6 Å². The molecule has 8 heteroatoms. The third-order valence-corrected chi connectivity index (χ3v) is 3.25. The highest BCUT2D eigenvalue weighted by atomic mass is 32.2. The van der Waals surface area contributed by atoms with E-state index in [2.05, 4.69) is 0 Å². The molecule has 2 rings (SSSR count). The van der Waals surface area contributed by atoms with Crippen LogP contribution < -0.4 is 4.72 Å². The highest BCUT2D eigenvalue weighted by Gasteiger charge is 2.36. The molecule has 0 amide bonds. The molecule has 106 valence electrons. The zero-order chi connectivity index (χ0) is 14.0. The molecule has 3 unspecified atom stereocenters. The van der Waals surface area contributed by atoms with Gasteiger partial charge in [-0.3, -0.25) is 4.55 Å². The second kappa shape index (κ2) is 5.51. The van der Waals surface area contributed by atoms with E-state index in [1.165, 1.54) is 6.07 Å². The quantitative estimate of drug-likeness (QED) is 0.809. The van der Waals surface area contributed by atoms with E-state index in [0.29, 0.717) is 0 Å². The highest BCUT2D eigenvalue weighted by Crippen LogP contribution is 2.33. The Labute approximate surface area is 110 Å². The van der Waals surface area contributed by atoms with Gasteiger partial charge in [-0.1, -0.05) is 18.2 Å². The third kappa shape index (κ3) is 3.71. The van der Waals surface area contributed by atoms with Crippen molar-refractivity contribution in [2.75, 3.05) is 6.54 Å². The molecule has 1 aliphatic heterocycles.